The van der Waals surface area contributed by atoms with E-state index in [1.807, 2.05) is 0 Å². The third-order valence-corrected chi connectivity index (χ3v) is 4.96. The molecule has 30 heavy (non-hydrogen) atoms. The molecule has 3 heterocycles. The molecule has 11 heteroatoms. The van der Waals surface area contributed by atoms with E-state index in [0.717, 1.165) is 18.2 Å². The third-order valence-electron chi connectivity index (χ3n) is 4.96. The van der Waals surface area contributed by atoms with Crippen LogP contribution in [0.25, 0.3) is 5.69 Å². The van der Waals surface area contributed by atoms with Crippen LogP contribution in [0.4, 0.5) is 8.78 Å². The molecule has 1 aromatic heterocycles. The second-order valence-electron chi connectivity index (χ2n) is 6.93. The smallest absolute Gasteiger partial charge is 0.272 e. The van der Waals surface area contributed by atoms with Crippen LogP contribution >= 0.6 is 0 Å². The predicted molar refractivity (Wildman–Crippen MR) is 98.8 cm³/mol. The van der Waals surface area contributed by atoms with Gasteiger partial charge in [-0.1, -0.05) is 0 Å². The molecule has 3 amide bonds. The van der Waals surface area contributed by atoms with Crippen molar-refractivity contribution in [1.29, 1.82) is 0 Å². The number of aromatic nitrogens is 2. The number of fused-ring (bicyclic) bond motifs is 1. The summed E-state index contributed by atoms with van der Waals surface area (Å²) in [5.74, 6) is -2.62. The van der Waals surface area contributed by atoms with Gasteiger partial charge in [0.05, 0.1) is 32.0 Å². The van der Waals surface area contributed by atoms with Crippen molar-refractivity contribution in [2.24, 2.45) is 0 Å². The zero-order chi connectivity index (χ0) is 21.3. The first-order chi connectivity index (χ1) is 14.4. The second-order valence-corrected chi connectivity index (χ2v) is 6.93. The molecule has 0 bridgehead atoms. The van der Waals surface area contributed by atoms with Crippen molar-refractivity contribution in [2.45, 2.75) is 13.0 Å². The first kappa shape index (κ1) is 20.0. The first-order valence-corrected chi connectivity index (χ1v) is 9.40. The summed E-state index contributed by atoms with van der Waals surface area (Å²) in [7, 11) is 0. The Kier molecular flexibility index (Phi) is 5.44. The van der Waals surface area contributed by atoms with Crippen LogP contribution in [0.2, 0.25) is 0 Å². The molecule has 0 unspecified atom stereocenters. The lowest BCUT2D eigenvalue weighted by molar-refractivity contribution is -0.137. The maximum Gasteiger partial charge on any atom is 0.272 e. The number of amides is 3. The van der Waals surface area contributed by atoms with Crippen LogP contribution in [0.1, 0.15) is 21.7 Å². The summed E-state index contributed by atoms with van der Waals surface area (Å²) in [5.41, 5.74) is 0.891. The van der Waals surface area contributed by atoms with E-state index in [1.54, 1.807) is 0 Å². The highest BCUT2D eigenvalue weighted by Gasteiger charge is 2.28. The van der Waals surface area contributed by atoms with Crippen LogP contribution in [-0.2, 0) is 27.4 Å². The number of nitrogens with zero attached hydrogens (tertiary/aromatic N) is 3. The normalized spacial score (nSPS) is 16.1. The number of halogens is 2. The fourth-order valence-electron chi connectivity index (χ4n) is 3.47. The van der Waals surface area contributed by atoms with Crippen molar-refractivity contribution in [3.8, 4) is 5.69 Å². The Labute approximate surface area is 170 Å². The van der Waals surface area contributed by atoms with Gasteiger partial charge in [0, 0.05) is 31.1 Å². The van der Waals surface area contributed by atoms with Gasteiger partial charge in [-0.3, -0.25) is 14.4 Å². The van der Waals surface area contributed by atoms with Crippen LogP contribution in [0, 0.1) is 11.6 Å². The molecule has 0 atom stereocenters. The van der Waals surface area contributed by atoms with Crippen molar-refractivity contribution >= 4 is 17.7 Å². The summed E-state index contributed by atoms with van der Waals surface area (Å²) < 4.78 is 34.6. The van der Waals surface area contributed by atoms with Crippen LogP contribution in [0.5, 0.6) is 0 Å². The number of carbonyl (C=O) groups is 3. The molecule has 158 valence electrons. The molecule has 0 aliphatic carbocycles. The summed E-state index contributed by atoms with van der Waals surface area (Å²) in [5, 5.41) is 9.30. The Morgan fingerprint density at radius 2 is 2.13 bits per heavy atom. The van der Waals surface area contributed by atoms with Crippen molar-refractivity contribution < 1.29 is 27.9 Å². The number of rotatable bonds is 4. The van der Waals surface area contributed by atoms with Crippen LogP contribution in [0.15, 0.2) is 18.2 Å². The number of piperazine rings is 1. The average molecular weight is 419 g/mol. The molecule has 1 saturated heterocycles. The Balaban J connectivity index is 1.56. The van der Waals surface area contributed by atoms with E-state index < -0.39 is 23.4 Å². The minimum Gasteiger partial charge on any atom is -0.376 e. The van der Waals surface area contributed by atoms with Gasteiger partial charge in [0.1, 0.15) is 17.3 Å². The standard InChI is InChI=1S/C19H19F2N5O4/c20-11-1-2-13(21)15(7-11)26-14-3-6-30-10-12(14)18(24-26)19(29)23-8-17(28)25-5-4-22-16(27)9-25/h1-2,7H,3-6,8-10H2,(H,22,27)(H,23,29). The number of ether oxygens (including phenoxy) is 1. The van der Waals surface area contributed by atoms with Crippen LogP contribution < -0.4 is 10.6 Å². The topological polar surface area (TPSA) is 106 Å². The highest BCUT2D eigenvalue weighted by atomic mass is 19.1. The highest BCUT2D eigenvalue weighted by Crippen LogP contribution is 2.25. The van der Waals surface area contributed by atoms with Crippen molar-refractivity contribution in [3.63, 3.8) is 0 Å². The zero-order valence-corrected chi connectivity index (χ0v) is 15.9. The van der Waals surface area contributed by atoms with Gasteiger partial charge in [0.15, 0.2) is 5.69 Å². The lowest BCUT2D eigenvalue weighted by Gasteiger charge is -2.26. The van der Waals surface area contributed by atoms with E-state index >= 15 is 0 Å². The lowest BCUT2D eigenvalue weighted by Crippen LogP contribution is -2.52. The molecule has 4 rings (SSSR count). The number of hydrogen-bond donors (Lipinski definition) is 2. The molecule has 1 fully saturated rings. The Bertz CT molecular complexity index is 1020. The van der Waals surface area contributed by atoms with E-state index in [-0.39, 0.29) is 37.0 Å². The summed E-state index contributed by atoms with van der Waals surface area (Å²) >= 11 is 0. The Morgan fingerprint density at radius 1 is 1.30 bits per heavy atom. The summed E-state index contributed by atoms with van der Waals surface area (Å²) in [6, 6.07) is 2.99. The molecule has 2 aliphatic heterocycles. The number of hydrogen-bond acceptors (Lipinski definition) is 5. The van der Waals surface area contributed by atoms with E-state index in [9.17, 15) is 23.2 Å². The Hall–Kier alpha value is -3.34. The third kappa shape index (κ3) is 3.88. The molecule has 0 saturated carbocycles. The molecule has 2 N–H and O–H groups in total. The maximum atomic E-state index is 14.3. The highest BCUT2D eigenvalue weighted by molar-refractivity contribution is 5.97. The second kappa shape index (κ2) is 8.19. The van der Waals surface area contributed by atoms with Crippen molar-refractivity contribution in [3.05, 3.63) is 46.8 Å². The van der Waals surface area contributed by atoms with E-state index in [0.29, 0.717) is 37.4 Å². The van der Waals surface area contributed by atoms with Gasteiger partial charge >= 0.3 is 0 Å². The quantitative estimate of drug-likeness (QED) is 0.721. The van der Waals surface area contributed by atoms with Gasteiger partial charge in [-0.25, -0.2) is 13.5 Å². The van der Waals surface area contributed by atoms with Crippen molar-refractivity contribution in [2.75, 3.05) is 32.8 Å². The molecular formula is C19H19F2N5O4. The molecule has 9 nitrogen and oxygen atoms in total. The molecular weight excluding hydrogens is 400 g/mol. The largest absolute Gasteiger partial charge is 0.376 e. The molecule has 0 spiro atoms. The summed E-state index contributed by atoms with van der Waals surface area (Å²) in [6.07, 6.45) is 0.368. The summed E-state index contributed by atoms with van der Waals surface area (Å²) in [6.45, 7) is 0.778. The SMILES string of the molecule is O=C1CN(C(=O)CNC(=O)c2nn(-c3cc(F)ccc3F)c3c2COCC3)CCN1. The predicted octanol–water partition coefficient (Wildman–Crippen LogP) is -0.0886. The van der Waals surface area contributed by atoms with Gasteiger partial charge in [-0.2, -0.15) is 5.10 Å². The first-order valence-electron chi connectivity index (χ1n) is 9.40. The zero-order valence-electron chi connectivity index (χ0n) is 15.9. The molecule has 0 radical (unpaired) electrons. The van der Waals surface area contributed by atoms with Gasteiger partial charge < -0.3 is 20.3 Å². The van der Waals surface area contributed by atoms with E-state index in [2.05, 4.69) is 15.7 Å². The van der Waals surface area contributed by atoms with Crippen molar-refractivity contribution in [1.82, 2.24) is 25.3 Å². The Morgan fingerprint density at radius 3 is 2.93 bits per heavy atom. The number of nitrogens with one attached hydrogen (secondary N) is 2. The fourth-order valence-corrected chi connectivity index (χ4v) is 3.47. The van der Waals surface area contributed by atoms with E-state index in [4.69, 9.17) is 4.74 Å². The minimum absolute atomic E-state index is 0.0162. The van der Waals surface area contributed by atoms with Gasteiger partial charge in [0.25, 0.3) is 5.91 Å². The van der Waals surface area contributed by atoms with E-state index in [1.165, 1.54) is 9.58 Å². The van der Waals surface area contributed by atoms with Crippen LogP contribution in [-0.4, -0.2) is 65.2 Å². The van der Waals surface area contributed by atoms with Gasteiger partial charge in [0.2, 0.25) is 11.8 Å². The average Bonchev–Trinajstić information content (AvgIpc) is 3.13. The number of carbonyl (C=O) groups excluding carboxylic acids is 3. The van der Waals surface area contributed by atoms with Gasteiger partial charge in [-0.05, 0) is 12.1 Å². The monoisotopic (exact) mass is 419 g/mol. The van der Waals surface area contributed by atoms with Crippen LogP contribution in [0.3, 0.4) is 0 Å². The molecule has 2 aliphatic rings. The lowest BCUT2D eigenvalue weighted by atomic mass is 10.1. The minimum atomic E-state index is -0.682. The molecule has 1 aromatic carbocycles. The number of benzene rings is 1. The summed E-state index contributed by atoms with van der Waals surface area (Å²) in [4.78, 5) is 37.7. The maximum absolute atomic E-state index is 14.3. The van der Waals surface area contributed by atoms with Gasteiger partial charge in [-0.15, -0.1) is 0 Å². The fraction of sp³-hybridized carbons (Fsp3) is 0.368. The molecule has 2 aromatic rings.